The summed E-state index contributed by atoms with van der Waals surface area (Å²) in [5.41, 5.74) is 5.41. The number of aromatic nitrogens is 1. The van der Waals surface area contributed by atoms with Crippen molar-refractivity contribution in [2.45, 2.75) is 45.7 Å². The number of fused-ring (bicyclic) bond motifs is 1. The van der Waals surface area contributed by atoms with Crippen LogP contribution in [0.4, 0.5) is 0 Å². The third kappa shape index (κ3) is 3.37. The monoisotopic (exact) mass is 348 g/mol. The van der Waals surface area contributed by atoms with Crippen LogP contribution in [0.3, 0.4) is 0 Å². The highest BCUT2D eigenvalue weighted by atomic mass is 16.3. The second kappa shape index (κ2) is 7.34. The van der Waals surface area contributed by atoms with Gasteiger partial charge in [0, 0.05) is 23.4 Å². The van der Waals surface area contributed by atoms with Crippen LogP contribution in [0.2, 0.25) is 0 Å². The van der Waals surface area contributed by atoms with Crippen molar-refractivity contribution >= 4 is 0 Å². The molecule has 0 saturated heterocycles. The number of aryl methyl sites for hydroxylation is 1. The van der Waals surface area contributed by atoms with Gasteiger partial charge in [-0.05, 0) is 55.9 Å². The van der Waals surface area contributed by atoms with Crippen LogP contribution in [0.5, 0.6) is 0 Å². The molecule has 4 heteroatoms. The Balaban J connectivity index is 1.54. The van der Waals surface area contributed by atoms with Crippen molar-refractivity contribution in [1.29, 1.82) is 0 Å². The largest absolute Gasteiger partial charge is 0.460 e. The highest BCUT2D eigenvalue weighted by molar-refractivity contribution is 5.67. The number of hydrogen-bond acceptors (Lipinski definition) is 3. The number of nitrogens with one attached hydrogen (secondary N) is 2. The molecule has 1 aromatic carbocycles. The molecule has 1 aliphatic carbocycles. The molecule has 3 aromatic rings. The van der Waals surface area contributed by atoms with Gasteiger partial charge in [-0.2, -0.15) is 0 Å². The third-order valence-corrected chi connectivity index (χ3v) is 5.10. The zero-order valence-electron chi connectivity index (χ0n) is 15.1. The predicted octanol–water partition coefficient (Wildman–Crippen LogP) is 4.11. The van der Waals surface area contributed by atoms with E-state index in [1.54, 1.807) is 0 Å². The quantitative estimate of drug-likeness (QED) is 0.729. The fraction of sp³-hybridized carbons (Fsp3) is 0.318. The Bertz CT molecular complexity index is 954. The first-order valence-electron chi connectivity index (χ1n) is 9.31. The molecule has 26 heavy (non-hydrogen) atoms. The van der Waals surface area contributed by atoms with E-state index in [9.17, 15) is 4.79 Å². The fourth-order valence-corrected chi connectivity index (χ4v) is 3.83. The first kappa shape index (κ1) is 16.9. The van der Waals surface area contributed by atoms with E-state index < -0.39 is 0 Å². The van der Waals surface area contributed by atoms with Crippen molar-refractivity contribution in [3.8, 4) is 11.3 Å². The number of aromatic amines is 1. The second-order valence-corrected chi connectivity index (χ2v) is 6.97. The lowest BCUT2D eigenvalue weighted by Crippen LogP contribution is -2.21. The molecule has 4 nitrogen and oxygen atoms in total. The van der Waals surface area contributed by atoms with Crippen molar-refractivity contribution in [1.82, 2.24) is 10.3 Å². The standard InChI is InChI=1S/C22H24N2O2/c1-15-21(18-9-5-6-10-19(18)22(25)24-15)20-12-11-17(26-20)14-23-13-16-7-3-2-4-8-16/h2-4,7-8,11-12,23H,5-6,9-10,13-14H2,1H3,(H,24,25). The van der Waals surface area contributed by atoms with E-state index in [1.165, 1.54) is 11.1 Å². The Hall–Kier alpha value is -2.59. The minimum Gasteiger partial charge on any atom is -0.460 e. The molecule has 4 rings (SSSR count). The number of H-pyrrole nitrogens is 1. The average molecular weight is 348 g/mol. The SMILES string of the molecule is Cc1[nH]c(=O)c2c(c1-c1ccc(CNCc3ccccc3)o1)CCCC2. The number of rotatable bonds is 5. The van der Waals surface area contributed by atoms with Gasteiger partial charge in [0.15, 0.2) is 0 Å². The maximum Gasteiger partial charge on any atom is 0.251 e. The van der Waals surface area contributed by atoms with E-state index in [1.807, 2.05) is 37.3 Å². The molecule has 0 radical (unpaired) electrons. The molecular weight excluding hydrogens is 324 g/mol. The molecule has 2 N–H and O–H groups in total. The normalized spacial score (nSPS) is 13.6. The summed E-state index contributed by atoms with van der Waals surface area (Å²) in [6, 6.07) is 14.4. The maximum atomic E-state index is 12.3. The van der Waals surface area contributed by atoms with Gasteiger partial charge in [-0.15, -0.1) is 0 Å². The third-order valence-electron chi connectivity index (χ3n) is 5.10. The summed E-state index contributed by atoms with van der Waals surface area (Å²) in [5.74, 6) is 1.76. The van der Waals surface area contributed by atoms with Crippen LogP contribution in [-0.2, 0) is 25.9 Å². The zero-order valence-corrected chi connectivity index (χ0v) is 15.1. The summed E-state index contributed by atoms with van der Waals surface area (Å²) in [6.45, 7) is 3.45. The molecular formula is C22H24N2O2. The summed E-state index contributed by atoms with van der Waals surface area (Å²) in [7, 11) is 0. The molecule has 0 atom stereocenters. The van der Waals surface area contributed by atoms with Gasteiger partial charge in [0.2, 0.25) is 0 Å². The molecule has 2 heterocycles. The Kier molecular flexibility index (Phi) is 4.76. The van der Waals surface area contributed by atoms with Gasteiger partial charge in [-0.3, -0.25) is 4.79 Å². The molecule has 0 aliphatic heterocycles. The van der Waals surface area contributed by atoms with Crippen LogP contribution in [0.15, 0.2) is 51.7 Å². The van der Waals surface area contributed by atoms with Crippen molar-refractivity contribution in [3.63, 3.8) is 0 Å². The summed E-state index contributed by atoms with van der Waals surface area (Å²) < 4.78 is 6.11. The topological polar surface area (TPSA) is 58.0 Å². The maximum absolute atomic E-state index is 12.3. The number of furan rings is 1. The van der Waals surface area contributed by atoms with Gasteiger partial charge in [0.25, 0.3) is 5.56 Å². The summed E-state index contributed by atoms with van der Waals surface area (Å²) in [4.78, 5) is 15.3. The molecule has 0 fully saturated rings. The summed E-state index contributed by atoms with van der Waals surface area (Å²) >= 11 is 0. The molecule has 0 unspecified atom stereocenters. The van der Waals surface area contributed by atoms with Gasteiger partial charge in [0.05, 0.1) is 6.54 Å². The average Bonchev–Trinajstić information content (AvgIpc) is 3.11. The minimum atomic E-state index is 0.0669. The Labute approximate surface area is 153 Å². The van der Waals surface area contributed by atoms with Crippen LogP contribution in [-0.4, -0.2) is 4.98 Å². The van der Waals surface area contributed by atoms with E-state index in [0.29, 0.717) is 6.54 Å². The van der Waals surface area contributed by atoms with Crippen LogP contribution >= 0.6 is 0 Å². The molecule has 0 bridgehead atoms. The Morgan fingerprint density at radius 2 is 1.77 bits per heavy atom. The van der Waals surface area contributed by atoms with E-state index in [-0.39, 0.29) is 5.56 Å². The Morgan fingerprint density at radius 1 is 1.00 bits per heavy atom. The van der Waals surface area contributed by atoms with Crippen LogP contribution in [0.1, 0.15) is 41.0 Å². The molecule has 2 aromatic heterocycles. The minimum absolute atomic E-state index is 0.0669. The van der Waals surface area contributed by atoms with Gasteiger partial charge < -0.3 is 14.7 Å². The lowest BCUT2D eigenvalue weighted by atomic mass is 9.88. The van der Waals surface area contributed by atoms with Crippen LogP contribution in [0.25, 0.3) is 11.3 Å². The van der Waals surface area contributed by atoms with Crippen molar-refractivity contribution in [2.75, 3.05) is 0 Å². The Morgan fingerprint density at radius 3 is 2.58 bits per heavy atom. The van der Waals surface area contributed by atoms with E-state index in [0.717, 1.165) is 60.6 Å². The lowest BCUT2D eigenvalue weighted by molar-refractivity contribution is 0.492. The summed E-state index contributed by atoms with van der Waals surface area (Å²) in [6.07, 6.45) is 4.04. The van der Waals surface area contributed by atoms with Crippen LogP contribution < -0.4 is 10.9 Å². The van der Waals surface area contributed by atoms with Gasteiger partial charge >= 0.3 is 0 Å². The van der Waals surface area contributed by atoms with Gasteiger partial charge in [-0.1, -0.05) is 30.3 Å². The number of pyridine rings is 1. The van der Waals surface area contributed by atoms with Gasteiger partial charge in [-0.25, -0.2) is 0 Å². The zero-order chi connectivity index (χ0) is 17.9. The highest BCUT2D eigenvalue weighted by Crippen LogP contribution is 2.32. The smallest absolute Gasteiger partial charge is 0.251 e. The van der Waals surface area contributed by atoms with Crippen molar-refractivity contribution in [2.24, 2.45) is 0 Å². The first-order chi connectivity index (χ1) is 12.7. The molecule has 0 saturated carbocycles. The van der Waals surface area contributed by atoms with Gasteiger partial charge in [0.1, 0.15) is 11.5 Å². The number of benzene rings is 1. The van der Waals surface area contributed by atoms with Crippen LogP contribution in [0, 0.1) is 6.92 Å². The molecule has 134 valence electrons. The first-order valence-corrected chi connectivity index (χ1v) is 9.31. The second-order valence-electron chi connectivity index (χ2n) is 6.97. The molecule has 0 amide bonds. The lowest BCUT2D eigenvalue weighted by Gasteiger charge is -2.19. The fourth-order valence-electron chi connectivity index (χ4n) is 3.83. The van der Waals surface area contributed by atoms with Crippen molar-refractivity contribution < 1.29 is 4.42 Å². The molecule has 0 spiro atoms. The highest BCUT2D eigenvalue weighted by Gasteiger charge is 2.21. The van der Waals surface area contributed by atoms with E-state index in [4.69, 9.17) is 4.42 Å². The predicted molar refractivity (Wildman–Crippen MR) is 103 cm³/mol. The van der Waals surface area contributed by atoms with Crippen molar-refractivity contribution in [3.05, 3.63) is 81.0 Å². The van der Waals surface area contributed by atoms with E-state index in [2.05, 4.69) is 22.4 Å². The molecule has 1 aliphatic rings. The summed E-state index contributed by atoms with van der Waals surface area (Å²) in [5, 5.41) is 3.42. The van der Waals surface area contributed by atoms with E-state index >= 15 is 0 Å². The number of hydrogen-bond donors (Lipinski definition) is 2.